The summed E-state index contributed by atoms with van der Waals surface area (Å²) in [5.41, 5.74) is 0.930. The number of hydrogen-bond acceptors (Lipinski definition) is 7. The number of nitro benzene ring substituents is 1. The number of nitrogens with zero attached hydrogens (tertiary/aromatic N) is 2. The molecule has 1 aromatic carbocycles. The molecule has 0 aliphatic carbocycles. The number of thiophene rings is 1. The molecule has 9 heteroatoms. The van der Waals surface area contributed by atoms with Crippen LogP contribution in [0.4, 0.5) is 5.69 Å². The number of aromatic nitrogens is 2. The van der Waals surface area contributed by atoms with Gasteiger partial charge in [0.15, 0.2) is 0 Å². The van der Waals surface area contributed by atoms with E-state index >= 15 is 0 Å². The number of ether oxygens (including phenoxy) is 1. The Morgan fingerprint density at radius 2 is 2.04 bits per heavy atom. The molecule has 2 heterocycles. The first-order valence-corrected chi connectivity index (χ1v) is 8.85. The number of aryl methyl sites for hydroxylation is 1. The molecule has 0 aliphatic heterocycles. The van der Waals surface area contributed by atoms with E-state index in [1.54, 1.807) is 38.1 Å². The second-order valence-corrected chi connectivity index (χ2v) is 6.59. The van der Waals surface area contributed by atoms with E-state index in [-0.39, 0.29) is 17.9 Å². The third-order valence-electron chi connectivity index (χ3n) is 3.82. The number of aromatic amines is 1. The molecule has 2 aromatic heterocycles. The Morgan fingerprint density at radius 1 is 1.33 bits per heavy atom. The summed E-state index contributed by atoms with van der Waals surface area (Å²) in [6, 6.07) is 5.99. The highest BCUT2D eigenvalue weighted by Gasteiger charge is 2.19. The van der Waals surface area contributed by atoms with Gasteiger partial charge < -0.3 is 9.72 Å². The van der Waals surface area contributed by atoms with Crippen molar-refractivity contribution in [3.63, 3.8) is 0 Å². The highest BCUT2D eigenvalue weighted by molar-refractivity contribution is 7.20. The van der Waals surface area contributed by atoms with E-state index in [1.807, 2.05) is 0 Å². The smallest absolute Gasteiger partial charge is 0.348 e. The first-order chi connectivity index (χ1) is 12.9. The predicted octanol–water partition coefficient (Wildman–Crippen LogP) is 3.55. The van der Waals surface area contributed by atoms with Crippen molar-refractivity contribution in [2.24, 2.45) is 0 Å². The number of rotatable bonds is 5. The van der Waals surface area contributed by atoms with Gasteiger partial charge in [-0.15, -0.1) is 11.3 Å². The van der Waals surface area contributed by atoms with Crippen molar-refractivity contribution in [2.45, 2.75) is 13.8 Å². The van der Waals surface area contributed by atoms with Gasteiger partial charge in [-0.05, 0) is 43.2 Å². The van der Waals surface area contributed by atoms with Gasteiger partial charge in [0.25, 0.3) is 11.2 Å². The van der Waals surface area contributed by atoms with Gasteiger partial charge >= 0.3 is 5.97 Å². The Hall–Kier alpha value is -3.33. The molecule has 0 bridgehead atoms. The summed E-state index contributed by atoms with van der Waals surface area (Å²) < 4.78 is 5.01. The van der Waals surface area contributed by atoms with Crippen molar-refractivity contribution in [3.8, 4) is 0 Å². The van der Waals surface area contributed by atoms with Crippen molar-refractivity contribution in [1.82, 2.24) is 9.97 Å². The minimum atomic E-state index is -0.472. The van der Waals surface area contributed by atoms with Gasteiger partial charge in [0, 0.05) is 12.1 Å². The molecule has 0 saturated carbocycles. The quantitative estimate of drug-likeness (QED) is 0.408. The summed E-state index contributed by atoms with van der Waals surface area (Å²) >= 11 is 1.11. The molecule has 3 aromatic rings. The molecule has 1 N–H and O–H groups in total. The fourth-order valence-electron chi connectivity index (χ4n) is 2.51. The lowest BCUT2D eigenvalue weighted by Crippen LogP contribution is -2.10. The van der Waals surface area contributed by atoms with Crippen LogP contribution in [0.5, 0.6) is 0 Å². The predicted molar refractivity (Wildman–Crippen MR) is 103 cm³/mol. The molecular weight excluding hydrogens is 370 g/mol. The van der Waals surface area contributed by atoms with Gasteiger partial charge in [0.1, 0.15) is 15.5 Å². The zero-order valence-corrected chi connectivity index (χ0v) is 15.3. The van der Waals surface area contributed by atoms with Crippen LogP contribution in [0.25, 0.3) is 22.4 Å². The number of benzene rings is 1. The molecule has 0 unspecified atom stereocenters. The first kappa shape index (κ1) is 18.5. The van der Waals surface area contributed by atoms with Crippen LogP contribution in [0.1, 0.15) is 33.5 Å². The summed E-state index contributed by atoms with van der Waals surface area (Å²) in [6.45, 7) is 3.65. The molecule has 0 atom stereocenters. The highest BCUT2D eigenvalue weighted by Crippen LogP contribution is 2.27. The van der Waals surface area contributed by atoms with Crippen LogP contribution in [0.3, 0.4) is 0 Å². The number of nitrogens with one attached hydrogen (secondary N) is 1. The molecule has 138 valence electrons. The zero-order valence-electron chi connectivity index (χ0n) is 14.5. The first-order valence-electron chi connectivity index (χ1n) is 8.03. The van der Waals surface area contributed by atoms with Crippen LogP contribution in [0.2, 0.25) is 0 Å². The van der Waals surface area contributed by atoms with Crippen molar-refractivity contribution in [3.05, 3.63) is 66.6 Å². The maximum atomic E-state index is 12.4. The fraction of sp³-hybridized carbons (Fsp3) is 0.167. The average molecular weight is 385 g/mol. The summed E-state index contributed by atoms with van der Waals surface area (Å²) in [5, 5.41) is 11.0. The van der Waals surface area contributed by atoms with Crippen molar-refractivity contribution in [2.75, 3.05) is 6.61 Å². The summed E-state index contributed by atoms with van der Waals surface area (Å²) in [6.07, 6.45) is 3.28. The number of hydrogen-bond donors (Lipinski definition) is 1. The van der Waals surface area contributed by atoms with Crippen LogP contribution < -0.4 is 5.56 Å². The fourth-order valence-corrected chi connectivity index (χ4v) is 3.60. The summed E-state index contributed by atoms with van der Waals surface area (Å²) in [7, 11) is 0. The van der Waals surface area contributed by atoms with E-state index in [4.69, 9.17) is 4.74 Å². The number of non-ortho nitro benzene ring substituents is 1. The van der Waals surface area contributed by atoms with Gasteiger partial charge in [0.05, 0.1) is 16.9 Å². The zero-order chi connectivity index (χ0) is 19.6. The van der Waals surface area contributed by atoms with Crippen LogP contribution in [0.15, 0.2) is 29.1 Å². The number of esters is 1. The molecule has 0 fully saturated rings. The Kier molecular flexibility index (Phi) is 5.13. The molecule has 0 radical (unpaired) electrons. The van der Waals surface area contributed by atoms with Crippen molar-refractivity contribution in [1.29, 1.82) is 0 Å². The second kappa shape index (κ2) is 7.50. The molecule has 3 rings (SSSR count). The van der Waals surface area contributed by atoms with Crippen LogP contribution >= 0.6 is 11.3 Å². The maximum absolute atomic E-state index is 12.4. The standard InChI is InChI=1S/C18H15N3O5S/c1-3-26-18(23)15-10(2)14-16(22)19-13(20-17(14)27-15)9-6-11-4-7-12(8-5-11)21(24)25/h4-9H,3H2,1-2H3,(H,19,20,22). The Balaban J connectivity index is 1.95. The maximum Gasteiger partial charge on any atom is 0.348 e. The number of carbonyl (C=O) groups excluding carboxylic acids is 1. The van der Waals surface area contributed by atoms with Gasteiger partial charge in [-0.25, -0.2) is 9.78 Å². The van der Waals surface area contributed by atoms with E-state index in [0.29, 0.717) is 26.5 Å². The average Bonchev–Trinajstić information content (AvgIpc) is 2.97. The molecule has 0 amide bonds. The van der Waals surface area contributed by atoms with E-state index < -0.39 is 10.9 Å². The Morgan fingerprint density at radius 3 is 2.67 bits per heavy atom. The Bertz CT molecular complexity index is 1110. The molecule has 0 saturated heterocycles. The topological polar surface area (TPSA) is 115 Å². The lowest BCUT2D eigenvalue weighted by Gasteiger charge is -1.98. The largest absolute Gasteiger partial charge is 0.462 e. The van der Waals surface area contributed by atoms with Gasteiger partial charge in [-0.2, -0.15) is 0 Å². The number of carbonyl (C=O) groups is 1. The van der Waals surface area contributed by atoms with Crippen molar-refractivity contribution < 1.29 is 14.5 Å². The SMILES string of the molecule is CCOC(=O)c1sc2nc(C=Cc3ccc([N+](=O)[O-])cc3)[nH]c(=O)c2c1C. The van der Waals surface area contributed by atoms with Gasteiger partial charge in [0.2, 0.25) is 0 Å². The molecule has 0 spiro atoms. The Labute approximate surface area is 157 Å². The third-order valence-corrected chi connectivity index (χ3v) is 4.98. The monoisotopic (exact) mass is 385 g/mol. The highest BCUT2D eigenvalue weighted by atomic mass is 32.1. The number of nitro groups is 1. The molecule has 8 nitrogen and oxygen atoms in total. The summed E-state index contributed by atoms with van der Waals surface area (Å²) in [4.78, 5) is 42.5. The normalized spacial score (nSPS) is 11.2. The second-order valence-electron chi connectivity index (χ2n) is 5.59. The third kappa shape index (κ3) is 3.77. The molecular formula is C18H15N3O5S. The van der Waals surface area contributed by atoms with E-state index in [0.717, 1.165) is 16.9 Å². The van der Waals surface area contributed by atoms with Crippen LogP contribution in [0, 0.1) is 17.0 Å². The van der Waals surface area contributed by atoms with Gasteiger partial charge in [-0.1, -0.05) is 6.08 Å². The van der Waals surface area contributed by atoms with Crippen LogP contribution in [-0.2, 0) is 4.74 Å². The lowest BCUT2D eigenvalue weighted by atomic mass is 10.2. The molecule has 27 heavy (non-hydrogen) atoms. The van der Waals surface area contributed by atoms with E-state index in [9.17, 15) is 19.7 Å². The van der Waals surface area contributed by atoms with E-state index in [1.165, 1.54) is 12.1 Å². The van der Waals surface area contributed by atoms with Crippen molar-refractivity contribution >= 4 is 45.4 Å². The number of fused-ring (bicyclic) bond motifs is 1. The van der Waals surface area contributed by atoms with E-state index in [2.05, 4.69) is 9.97 Å². The minimum Gasteiger partial charge on any atom is -0.462 e. The molecule has 0 aliphatic rings. The minimum absolute atomic E-state index is 0.000608. The van der Waals surface area contributed by atoms with Crippen LogP contribution in [-0.4, -0.2) is 27.5 Å². The number of H-pyrrole nitrogens is 1. The summed E-state index contributed by atoms with van der Waals surface area (Å²) in [5.74, 6) is -0.150. The van der Waals surface area contributed by atoms with Gasteiger partial charge in [-0.3, -0.25) is 14.9 Å². The lowest BCUT2D eigenvalue weighted by molar-refractivity contribution is -0.384.